The van der Waals surface area contributed by atoms with Crippen LogP contribution in [0, 0.1) is 5.92 Å². The first-order valence-corrected chi connectivity index (χ1v) is 10.8. The molecule has 33 heavy (non-hydrogen) atoms. The Bertz CT molecular complexity index is 1060. The number of benzene rings is 2. The maximum atomic E-state index is 13.3. The van der Waals surface area contributed by atoms with Crippen molar-refractivity contribution in [2.24, 2.45) is 5.92 Å². The lowest BCUT2D eigenvalue weighted by Crippen LogP contribution is -2.41. The minimum Gasteiger partial charge on any atom is -0.496 e. The fourth-order valence-electron chi connectivity index (χ4n) is 3.54. The van der Waals surface area contributed by atoms with Gasteiger partial charge in [0.15, 0.2) is 0 Å². The number of nitrogens with zero attached hydrogens (tertiary/aromatic N) is 1. The van der Waals surface area contributed by atoms with Gasteiger partial charge in [-0.1, -0.05) is 32.0 Å². The lowest BCUT2D eigenvalue weighted by molar-refractivity contribution is -0.117. The average molecular weight is 454 g/mol. The quantitative estimate of drug-likeness (QED) is 0.484. The summed E-state index contributed by atoms with van der Waals surface area (Å²) >= 11 is 0. The number of rotatable bonds is 10. The maximum absolute atomic E-state index is 13.3. The number of aromatic amines is 1. The molecule has 0 atom stereocenters. The SMILES string of the molecule is COc1cc(OC)c(N(CCC(C)C)C(=O)CNC(=O)c2cc3ccccc3[nH]2)c(OC)c1. The molecule has 0 radical (unpaired) electrons. The number of hydrogen-bond acceptors (Lipinski definition) is 5. The third kappa shape index (κ3) is 5.58. The Morgan fingerprint density at radius 2 is 1.67 bits per heavy atom. The summed E-state index contributed by atoms with van der Waals surface area (Å²) < 4.78 is 16.4. The van der Waals surface area contributed by atoms with Crippen LogP contribution in [0.2, 0.25) is 0 Å². The Hall–Kier alpha value is -3.68. The van der Waals surface area contributed by atoms with Crippen molar-refractivity contribution in [2.75, 3.05) is 39.3 Å². The van der Waals surface area contributed by atoms with Gasteiger partial charge in [0.2, 0.25) is 5.91 Å². The highest BCUT2D eigenvalue weighted by Crippen LogP contribution is 2.42. The molecule has 2 aromatic carbocycles. The van der Waals surface area contributed by atoms with Crippen LogP contribution in [0.5, 0.6) is 17.2 Å². The summed E-state index contributed by atoms with van der Waals surface area (Å²) in [7, 11) is 4.61. The van der Waals surface area contributed by atoms with Gasteiger partial charge in [-0.3, -0.25) is 9.59 Å². The van der Waals surface area contributed by atoms with Gasteiger partial charge < -0.3 is 29.4 Å². The predicted molar refractivity (Wildman–Crippen MR) is 129 cm³/mol. The predicted octanol–water partition coefficient (Wildman–Crippen LogP) is 4.00. The number of methoxy groups -OCH3 is 3. The van der Waals surface area contributed by atoms with E-state index in [-0.39, 0.29) is 18.4 Å². The van der Waals surface area contributed by atoms with E-state index in [0.29, 0.717) is 41.1 Å². The summed E-state index contributed by atoms with van der Waals surface area (Å²) in [6.07, 6.45) is 0.764. The van der Waals surface area contributed by atoms with Crippen LogP contribution in [-0.2, 0) is 4.79 Å². The van der Waals surface area contributed by atoms with E-state index in [2.05, 4.69) is 24.1 Å². The van der Waals surface area contributed by atoms with Crippen molar-refractivity contribution in [3.05, 3.63) is 48.2 Å². The zero-order valence-corrected chi connectivity index (χ0v) is 19.7. The van der Waals surface area contributed by atoms with Crippen molar-refractivity contribution in [2.45, 2.75) is 20.3 Å². The van der Waals surface area contributed by atoms with Gasteiger partial charge in [0, 0.05) is 29.6 Å². The molecule has 0 saturated carbocycles. The molecular formula is C25H31N3O5. The molecule has 0 unspecified atom stereocenters. The monoisotopic (exact) mass is 453 g/mol. The summed E-state index contributed by atoms with van der Waals surface area (Å²) in [5.74, 6) is 1.20. The second kappa shape index (κ2) is 10.8. The zero-order valence-electron chi connectivity index (χ0n) is 19.7. The first-order valence-electron chi connectivity index (χ1n) is 10.8. The minimum absolute atomic E-state index is 0.176. The second-order valence-corrected chi connectivity index (χ2v) is 8.06. The number of para-hydroxylation sites is 1. The Kier molecular flexibility index (Phi) is 7.82. The first kappa shape index (κ1) is 24.0. The van der Waals surface area contributed by atoms with Crippen LogP contribution in [0.3, 0.4) is 0 Å². The van der Waals surface area contributed by atoms with Gasteiger partial charge in [-0.25, -0.2) is 0 Å². The molecule has 176 valence electrons. The van der Waals surface area contributed by atoms with Crippen molar-refractivity contribution in [1.29, 1.82) is 0 Å². The van der Waals surface area contributed by atoms with E-state index in [1.54, 1.807) is 30.2 Å². The summed E-state index contributed by atoms with van der Waals surface area (Å²) in [5.41, 5.74) is 1.77. The Balaban J connectivity index is 1.84. The molecule has 0 saturated heterocycles. The van der Waals surface area contributed by atoms with Gasteiger partial charge in [0.25, 0.3) is 5.91 Å². The molecule has 8 heteroatoms. The van der Waals surface area contributed by atoms with Gasteiger partial charge in [-0.15, -0.1) is 0 Å². The fourth-order valence-corrected chi connectivity index (χ4v) is 3.54. The normalized spacial score (nSPS) is 10.8. The van der Waals surface area contributed by atoms with E-state index in [9.17, 15) is 9.59 Å². The van der Waals surface area contributed by atoms with Crippen molar-refractivity contribution in [3.8, 4) is 17.2 Å². The highest BCUT2D eigenvalue weighted by atomic mass is 16.5. The number of aromatic nitrogens is 1. The van der Waals surface area contributed by atoms with Crippen LogP contribution in [0.1, 0.15) is 30.8 Å². The van der Waals surface area contributed by atoms with E-state index < -0.39 is 0 Å². The largest absolute Gasteiger partial charge is 0.496 e. The van der Waals surface area contributed by atoms with Crippen LogP contribution in [0.25, 0.3) is 10.9 Å². The zero-order chi connectivity index (χ0) is 24.0. The molecule has 0 aliphatic rings. The van der Waals surface area contributed by atoms with E-state index in [0.717, 1.165) is 17.3 Å². The Morgan fingerprint density at radius 1 is 1.00 bits per heavy atom. The average Bonchev–Trinajstić information content (AvgIpc) is 3.26. The Morgan fingerprint density at radius 3 is 2.24 bits per heavy atom. The van der Waals surface area contributed by atoms with Crippen LogP contribution in [-0.4, -0.2) is 51.2 Å². The van der Waals surface area contributed by atoms with Gasteiger partial charge in [0.05, 0.1) is 27.9 Å². The lowest BCUT2D eigenvalue weighted by atomic mass is 10.1. The molecule has 0 bridgehead atoms. The highest BCUT2D eigenvalue weighted by molar-refractivity contribution is 6.03. The highest BCUT2D eigenvalue weighted by Gasteiger charge is 2.25. The maximum Gasteiger partial charge on any atom is 0.268 e. The molecule has 2 amide bonds. The van der Waals surface area contributed by atoms with Crippen molar-refractivity contribution in [1.82, 2.24) is 10.3 Å². The van der Waals surface area contributed by atoms with Gasteiger partial charge in [0.1, 0.15) is 28.6 Å². The number of fused-ring (bicyclic) bond motifs is 1. The third-order valence-electron chi connectivity index (χ3n) is 5.36. The molecule has 3 aromatic rings. The second-order valence-electron chi connectivity index (χ2n) is 8.06. The third-order valence-corrected chi connectivity index (χ3v) is 5.36. The molecule has 8 nitrogen and oxygen atoms in total. The van der Waals surface area contributed by atoms with Crippen molar-refractivity contribution < 1.29 is 23.8 Å². The number of carbonyl (C=O) groups is 2. The first-order chi connectivity index (χ1) is 15.9. The molecule has 3 rings (SSSR count). The molecular weight excluding hydrogens is 422 g/mol. The minimum atomic E-state index is -0.350. The molecule has 0 aliphatic heterocycles. The van der Waals surface area contributed by atoms with E-state index in [1.807, 2.05) is 24.3 Å². The van der Waals surface area contributed by atoms with Crippen LogP contribution in [0.15, 0.2) is 42.5 Å². The van der Waals surface area contributed by atoms with Gasteiger partial charge >= 0.3 is 0 Å². The summed E-state index contributed by atoms with van der Waals surface area (Å²) in [4.78, 5) is 30.7. The smallest absolute Gasteiger partial charge is 0.268 e. The number of hydrogen-bond donors (Lipinski definition) is 2. The fraction of sp³-hybridized carbons (Fsp3) is 0.360. The van der Waals surface area contributed by atoms with E-state index in [4.69, 9.17) is 14.2 Å². The summed E-state index contributed by atoms with van der Waals surface area (Å²) in [6, 6.07) is 12.8. The molecule has 0 spiro atoms. The van der Waals surface area contributed by atoms with Crippen molar-refractivity contribution >= 4 is 28.4 Å². The molecule has 0 aliphatic carbocycles. The van der Waals surface area contributed by atoms with Gasteiger partial charge in [-0.2, -0.15) is 0 Å². The molecule has 1 heterocycles. The Labute approximate surface area is 193 Å². The molecule has 0 fully saturated rings. The number of carbonyl (C=O) groups excluding carboxylic acids is 2. The summed E-state index contributed by atoms with van der Waals surface area (Å²) in [6.45, 7) is 4.44. The summed E-state index contributed by atoms with van der Waals surface area (Å²) in [5, 5.41) is 3.66. The van der Waals surface area contributed by atoms with Crippen LogP contribution < -0.4 is 24.4 Å². The number of H-pyrrole nitrogens is 1. The molecule has 2 N–H and O–H groups in total. The lowest BCUT2D eigenvalue weighted by Gasteiger charge is -2.27. The number of amides is 2. The topological polar surface area (TPSA) is 92.9 Å². The van der Waals surface area contributed by atoms with Crippen molar-refractivity contribution in [3.63, 3.8) is 0 Å². The van der Waals surface area contributed by atoms with E-state index in [1.165, 1.54) is 14.2 Å². The number of nitrogens with one attached hydrogen (secondary N) is 2. The van der Waals surface area contributed by atoms with Crippen LogP contribution in [0.4, 0.5) is 5.69 Å². The molecule has 1 aromatic heterocycles. The van der Waals surface area contributed by atoms with Gasteiger partial charge in [-0.05, 0) is 24.5 Å². The standard InChI is InChI=1S/C25H31N3O5/c1-16(2)10-11-28(24-21(32-4)13-18(31-3)14-22(24)33-5)23(29)15-26-25(30)20-12-17-8-6-7-9-19(17)27-20/h6-9,12-14,16,27H,10-11,15H2,1-5H3,(H,26,30). The van der Waals surface area contributed by atoms with E-state index >= 15 is 0 Å². The van der Waals surface area contributed by atoms with Crippen LogP contribution >= 0.6 is 0 Å². The number of anilines is 1. The number of ether oxygens (including phenoxy) is 3.